The molecule has 1 aliphatic heterocycles. The summed E-state index contributed by atoms with van der Waals surface area (Å²) in [6, 6.07) is 2.04. The monoisotopic (exact) mass is 380 g/mol. The van der Waals surface area contributed by atoms with Crippen molar-refractivity contribution >= 4 is 38.4 Å². The van der Waals surface area contributed by atoms with Crippen LogP contribution in [-0.4, -0.2) is 16.4 Å². The molecule has 3 nitrogen and oxygen atoms in total. The van der Waals surface area contributed by atoms with Gasteiger partial charge in [-0.15, -0.1) is 6.58 Å². The predicted octanol–water partition coefficient (Wildman–Crippen LogP) is 5.44. The average molecular weight is 382 g/mol. The van der Waals surface area contributed by atoms with Gasteiger partial charge in [0.1, 0.15) is 0 Å². The molecule has 2 aromatic rings. The molecule has 2 fully saturated rings. The molecule has 2 aliphatic rings. The maximum atomic E-state index is 6.59. The van der Waals surface area contributed by atoms with Crippen LogP contribution in [0.15, 0.2) is 29.4 Å². The van der Waals surface area contributed by atoms with Crippen LogP contribution in [-0.2, 0) is 4.74 Å². The van der Waals surface area contributed by atoms with Crippen LogP contribution < -0.4 is 0 Å². The van der Waals surface area contributed by atoms with Gasteiger partial charge < -0.3 is 4.74 Å². The second kappa shape index (κ2) is 5.66. The Hall–Kier alpha value is -0.840. The van der Waals surface area contributed by atoms with Gasteiger partial charge in [0.05, 0.1) is 11.7 Å². The molecular formula is C17H18BrClN2O. The lowest BCUT2D eigenvalue weighted by atomic mass is 10.1. The molecule has 1 aliphatic carbocycles. The van der Waals surface area contributed by atoms with E-state index in [0.29, 0.717) is 11.8 Å². The number of allylic oxidation sites excluding steroid dienone is 1. The maximum Gasteiger partial charge on any atom is 0.150 e. The minimum absolute atomic E-state index is 0.0296. The van der Waals surface area contributed by atoms with Crippen LogP contribution in [0, 0.1) is 5.92 Å². The molecule has 1 aromatic heterocycles. The highest BCUT2D eigenvalue weighted by Crippen LogP contribution is 2.53. The lowest BCUT2D eigenvalue weighted by Crippen LogP contribution is -2.18. The highest BCUT2D eigenvalue weighted by Gasteiger charge is 2.39. The molecule has 4 rings (SSSR count). The second-order valence-corrected chi connectivity index (χ2v) is 7.37. The van der Waals surface area contributed by atoms with Crippen LogP contribution in [0.1, 0.15) is 43.4 Å². The van der Waals surface area contributed by atoms with Gasteiger partial charge in [0.25, 0.3) is 0 Å². The zero-order valence-corrected chi connectivity index (χ0v) is 14.6. The highest BCUT2D eigenvalue weighted by atomic mass is 79.9. The third-order valence-corrected chi connectivity index (χ3v) is 5.94. The molecule has 1 aromatic carbocycles. The minimum Gasteiger partial charge on any atom is -0.356 e. The fraction of sp³-hybridized carbons (Fsp3) is 0.471. The number of fused-ring (bicyclic) bond motifs is 1. The smallest absolute Gasteiger partial charge is 0.150 e. The Morgan fingerprint density at radius 3 is 3.00 bits per heavy atom. The number of rotatable bonds is 3. The van der Waals surface area contributed by atoms with E-state index in [9.17, 15) is 0 Å². The molecule has 0 radical (unpaired) electrons. The number of ether oxygens (including phenoxy) is 1. The molecule has 0 amide bonds. The first-order valence-corrected chi connectivity index (χ1v) is 8.97. The summed E-state index contributed by atoms with van der Waals surface area (Å²) >= 11 is 10.3. The number of halogens is 2. The van der Waals surface area contributed by atoms with Crippen LogP contribution in [0.4, 0.5) is 0 Å². The Morgan fingerprint density at radius 2 is 2.32 bits per heavy atom. The molecule has 0 spiro atoms. The third-order valence-electron chi connectivity index (χ3n) is 4.77. The lowest BCUT2D eigenvalue weighted by Gasteiger charge is -2.23. The molecular weight excluding hydrogens is 364 g/mol. The van der Waals surface area contributed by atoms with E-state index in [4.69, 9.17) is 16.3 Å². The summed E-state index contributed by atoms with van der Waals surface area (Å²) in [6.45, 7) is 4.70. The maximum absolute atomic E-state index is 6.59. The number of hydrogen-bond donors (Lipinski definition) is 0. The molecule has 1 saturated carbocycles. The van der Waals surface area contributed by atoms with E-state index in [0.717, 1.165) is 46.3 Å². The van der Waals surface area contributed by atoms with Crippen molar-refractivity contribution in [3.63, 3.8) is 0 Å². The fourth-order valence-corrected chi connectivity index (χ4v) is 4.69. The SMILES string of the molecule is C=C[C@H]1C[C@H]1c1c(Cl)cc2c(cnn2C2CCCCO2)c1Br. The normalized spacial score (nSPS) is 28.0. The van der Waals surface area contributed by atoms with E-state index >= 15 is 0 Å². The Kier molecular flexibility index (Phi) is 3.79. The molecule has 0 N–H and O–H groups in total. The Bertz CT molecular complexity index is 736. The van der Waals surface area contributed by atoms with Gasteiger partial charge in [0.2, 0.25) is 0 Å². The number of nitrogens with zero attached hydrogens (tertiary/aromatic N) is 2. The van der Waals surface area contributed by atoms with E-state index in [1.807, 2.05) is 23.0 Å². The van der Waals surface area contributed by atoms with Crippen molar-refractivity contribution in [2.75, 3.05) is 6.61 Å². The van der Waals surface area contributed by atoms with Gasteiger partial charge in [-0.25, -0.2) is 4.68 Å². The molecule has 1 saturated heterocycles. The van der Waals surface area contributed by atoms with E-state index < -0.39 is 0 Å². The second-order valence-electron chi connectivity index (χ2n) is 6.17. The summed E-state index contributed by atoms with van der Waals surface area (Å²) in [7, 11) is 0. The van der Waals surface area contributed by atoms with Crippen molar-refractivity contribution in [3.8, 4) is 0 Å². The van der Waals surface area contributed by atoms with Crippen LogP contribution in [0.2, 0.25) is 5.02 Å². The van der Waals surface area contributed by atoms with Gasteiger partial charge in [-0.2, -0.15) is 5.10 Å². The first-order valence-electron chi connectivity index (χ1n) is 7.80. The zero-order chi connectivity index (χ0) is 15.3. The summed E-state index contributed by atoms with van der Waals surface area (Å²) in [4.78, 5) is 0. The van der Waals surface area contributed by atoms with Crippen molar-refractivity contribution in [2.24, 2.45) is 5.92 Å². The van der Waals surface area contributed by atoms with E-state index in [1.165, 1.54) is 12.0 Å². The molecule has 116 valence electrons. The van der Waals surface area contributed by atoms with Crippen molar-refractivity contribution in [2.45, 2.75) is 37.8 Å². The number of benzene rings is 1. The molecule has 3 atom stereocenters. The molecule has 2 heterocycles. The quantitative estimate of drug-likeness (QED) is 0.662. The molecule has 1 unspecified atom stereocenters. The van der Waals surface area contributed by atoms with Crippen molar-refractivity contribution in [3.05, 3.63) is 40.0 Å². The molecule has 5 heteroatoms. The standard InChI is InChI=1S/C17H18BrClN2O/c1-2-10-7-11(10)16-13(19)8-14-12(17(16)18)9-20-21(14)15-5-3-4-6-22-15/h2,8-11,15H,1,3-7H2/t10-,11+,15?/m0/s1. The first-order chi connectivity index (χ1) is 10.7. The van der Waals surface area contributed by atoms with Crippen molar-refractivity contribution in [1.82, 2.24) is 9.78 Å². The first kappa shape index (κ1) is 14.7. The van der Waals surface area contributed by atoms with Gasteiger partial charge in [-0.05, 0) is 65.1 Å². The van der Waals surface area contributed by atoms with Crippen LogP contribution in [0.3, 0.4) is 0 Å². The van der Waals surface area contributed by atoms with Crippen LogP contribution >= 0.6 is 27.5 Å². The van der Waals surface area contributed by atoms with Gasteiger partial charge in [0, 0.05) is 21.5 Å². The van der Waals surface area contributed by atoms with E-state index in [2.05, 4.69) is 27.6 Å². The van der Waals surface area contributed by atoms with E-state index in [-0.39, 0.29) is 6.23 Å². The van der Waals surface area contributed by atoms with Crippen LogP contribution in [0.5, 0.6) is 0 Å². The number of aromatic nitrogens is 2. The van der Waals surface area contributed by atoms with Gasteiger partial charge in [-0.1, -0.05) is 17.7 Å². The Morgan fingerprint density at radius 1 is 1.45 bits per heavy atom. The summed E-state index contributed by atoms with van der Waals surface area (Å²) in [5, 5.41) is 6.49. The Balaban J connectivity index is 1.79. The summed E-state index contributed by atoms with van der Waals surface area (Å²) < 4.78 is 8.92. The highest BCUT2D eigenvalue weighted by molar-refractivity contribution is 9.10. The lowest BCUT2D eigenvalue weighted by molar-refractivity contribution is -0.0366. The minimum atomic E-state index is 0.0296. The average Bonchev–Trinajstić information content (AvgIpc) is 3.18. The Labute approximate surface area is 143 Å². The van der Waals surface area contributed by atoms with Crippen LogP contribution in [0.25, 0.3) is 10.9 Å². The molecule has 0 bridgehead atoms. The van der Waals surface area contributed by atoms with Gasteiger partial charge in [0.15, 0.2) is 6.23 Å². The fourth-order valence-electron chi connectivity index (χ4n) is 3.43. The summed E-state index contributed by atoms with van der Waals surface area (Å²) in [5.41, 5.74) is 2.24. The van der Waals surface area contributed by atoms with Gasteiger partial charge in [-0.3, -0.25) is 0 Å². The van der Waals surface area contributed by atoms with Crippen molar-refractivity contribution in [1.29, 1.82) is 0 Å². The number of hydrogen-bond acceptors (Lipinski definition) is 2. The topological polar surface area (TPSA) is 27.1 Å². The van der Waals surface area contributed by atoms with E-state index in [1.54, 1.807) is 0 Å². The predicted molar refractivity (Wildman–Crippen MR) is 92.3 cm³/mol. The molecule has 22 heavy (non-hydrogen) atoms. The zero-order valence-electron chi connectivity index (χ0n) is 12.3. The van der Waals surface area contributed by atoms with Gasteiger partial charge >= 0.3 is 0 Å². The third kappa shape index (κ3) is 2.32. The summed E-state index contributed by atoms with van der Waals surface area (Å²) in [5.74, 6) is 1.03. The summed E-state index contributed by atoms with van der Waals surface area (Å²) in [6.07, 6.45) is 8.43. The largest absolute Gasteiger partial charge is 0.356 e. The van der Waals surface area contributed by atoms with Crippen molar-refractivity contribution < 1.29 is 4.74 Å².